The first-order chi connectivity index (χ1) is 8.38. The Hall–Kier alpha value is -1.20. The highest BCUT2D eigenvalue weighted by Gasteiger charge is 2.20. The molecule has 0 saturated heterocycles. The highest BCUT2D eigenvalue weighted by molar-refractivity contribution is 7.22. The van der Waals surface area contributed by atoms with E-state index in [1.54, 1.807) is 17.4 Å². The van der Waals surface area contributed by atoms with Gasteiger partial charge in [0.15, 0.2) is 5.13 Å². The van der Waals surface area contributed by atoms with Gasteiger partial charge in [-0.1, -0.05) is 11.3 Å². The van der Waals surface area contributed by atoms with E-state index in [1.807, 2.05) is 0 Å². The number of benzene rings is 1. The van der Waals surface area contributed by atoms with Crippen molar-refractivity contribution in [2.24, 2.45) is 0 Å². The number of halogens is 1. The van der Waals surface area contributed by atoms with Gasteiger partial charge >= 0.3 is 0 Å². The van der Waals surface area contributed by atoms with Crippen LogP contribution in [0.15, 0.2) is 18.2 Å². The molecule has 0 bridgehead atoms. The standard InChI is InChI=1S/C13H18FN3S/c1-13(2,17(3)4)8-15-12-16-10-7-9(14)5-6-11(10)18-12/h5-7H,8H2,1-4H3,(H,15,16). The molecule has 1 heterocycles. The van der Waals surface area contributed by atoms with Crippen molar-refractivity contribution >= 4 is 26.7 Å². The number of hydrogen-bond donors (Lipinski definition) is 1. The van der Waals surface area contributed by atoms with Crippen LogP contribution in [0, 0.1) is 5.82 Å². The van der Waals surface area contributed by atoms with E-state index in [1.165, 1.54) is 12.1 Å². The normalized spacial score (nSPS) is 12.3. The zero-order valence-electron chi connectivity index (χ0n) is 11.1. The molecule has 0 spiro atoms. The summed E-state index contributed by atoms with van der Waals surface area (Å²) in [4.78, 5) is 6.54. The minimum Gasteiger partial charge on any atom is -0.360 e. The van der Waals surface area contributed by atoms with Crippen molar-refractivity contribution in [1.82, 2.24) is 9.88 Å². The Morgan fingerprint density at radius 2 is 2.11 bits per heavy atom. The van der Waals surface area contributed by atoms with Crippen molar-refractivity contribution < 1.29 is 4.39 Å². The van der Waals surface area contributed by atoms with Crippen molar-refractivity contribution in [1.29, 1.82) is 0 Å². The summed E-state index contributed by atoms with van der Waals surface area (Å²) in [5.41, 5.74) is 0.758. The third-order valence-corrected chi connectivity index (χ3v) is 4.23. The Morgan fingerprint density at radius 3 is 2.78 bits per heavy atom. The zero-order chi connectivity index (χ0) is 13.3. The minimum absolute atomic E-state index is 0.0447. The summed E-state index contributed by atoms with van der Waals surface area (Å²) >= 11 is 1.55. The minimum atomic E-state index is -0.243. The highest BCUT2D eigenvalue weighted by atomic mass is 32.1. The number of rotatable bonds is 4. The molecule has 5 heteroatoms. The Bertz CT molecular complexity index is 548. The first kappa shape index (κ1) is 13.2. The monoisotopic (exact) mass is 267 g/mol. The molecule has 0 unspecified atom stereocenters. The Kier molecular flexibility index (Phi) is 3.54. The van der Waals surface area contributed by atoms with Crippen molar-refractivity contribution in [2.45, 2.75) is 19.4 Å². The van der Waals surface area contributed by atoms with Gasteiger partial charge in [-0.25, -0.2) is 9.37 Å². The average molecular weight is 267 g/mol. The van der Waals surface area contributed by atoms with Crippen molar-refractivity contribution in [3.63, 3.8) is 0 Å². The fourth-order valence-electron chi connectivity index (χ4n) is 1.43. The second-order valence-corrected chi connectivity index (χ2v) is 6.22. The van der Waals surface area contributed by atoms with Crippen LogP contribution < -0.4 is 5.32 Å². The van der Waals surface area contributed by atoms with Gasteiger partial charge in [0.25, 0.3) is 0 Å². The molecule has 0 saturated carbocycles. The lowest BCUT2D eigenvalue weighted by atomic mass is 10.1. The summed E-state index contributed by atoms with van der Waals surface area (Å²) in [6, 6.07) is 4.70. The smallest absolute Gasteiger partial charge is 0.183 e. The second-order valence-electron chi connectivity index (χ2n) is 5.19. The Labute approximate surface area is 111 Å². The van der Waals surface area contributed by atoms with Crippen molar-refractivity contribution in [3.8, 4) is 0 Å². The summed E-state index contributed by atoms with van der Waals surface area (Å²) in [5.74, 6) is -0.243. The van der Waals surface area contributed by atoms with Gasteiger partial charge in [0, 0.05) is 18.2 Å². The van der Waals surface area contributed by atoms with Gasteiger partial charge in [0.05, 0.1) is 10.2 Å². The highest BCUT2D eigenvalue weighted by Crippen LogP contribution is 2.26. The van der Waals surface area contributed by atoms with Crippen molar-refractivity contribution in [3.05, 3.63) is 24.0 Å². The molecule has 1 aromatic carbocycles. The zero-order valence-corrected chi connectivity index (χ0v) is 11.9. The lowest BCUT2D eigenvalue weighted by molar-refractivity contribution is 0.210. The number of aromatic nitrogens is 1. The molecule has 0 aliphatic carbocycles. The average Bonchev–Trinajstić information content (AvgIpc) is 2.68. The summed E-state index contributed by atoms with van der Waals surface area (Å²) in [5, 5.41) is 4.16. The summed E-state index contributed by atoms with van der Waals surface area (Å²) in [6.45, 7) is 5.11. The number of nitrogens with one attached hydrogen (secondary N) is 1. The van der Waals surface area contributed by atoms with E-state index < -0.39 is 0 Å². The van der Waals surface area contributed by atoms with E-state index >= 15 is 0 Å². The van der Waals surface area contributed by atoms with Gasteiger partial charge < -0.3 is 10.2 Å². The molecular formula is C13H18FN3S. The summed E-state index contributed by atoms with van der Waals surface area (Å²) in [7, 11) is 4.10. The predicted octanol–water partition coefficient (Wildman–Crippen LogP) is 3.19. The Morgan fingerprint density at radius 1 is 1.39 bits per heavy atom. The number of thiazole rings is 1. The molecule has 0 fully saturated rings. The van der Waals surface area contributed by atoms with Crippen LogP contribution >= 0.6 is 11.3 Å². The van der Waals surface area contributed by atoms with Gasteiger partial charge in [0.2, 0.25) is 0 Å². The molecule has 2 rings (SSSR count). The quantitative estimate of drug-likeness (QED) is 0.922. The van der Waals surface area contributed by atoms with E-state index in [4.69, 9.17) is 0 Å². The topological polar surface area (TPSA) is 28.2 Å². The molecule has 2 aromatic rings. The maximum Gasteiger partial charge on any atom is 0.183 e. The van der Waals surface area contributed by atoms with E-state index in [2.05, 4.69) is 43.1 Å². The fraction of sp³-hybridized carbons (Fsp3) is 0.462. The molecule has 18 heavy (non-hydrogen) atoms. The van der Waals surface area contributed by atoms with E-state index in [0.717, 1.165) is 16.4 Å². The van der Waals surface area contributed by atoms with Crippen LogP contribution in [0.4, 0.5) is 9.52 Å². The lowest BCUT2D eigenvalue weighted by Gasteiger charge is -2.32. The van der Waals surface area contributed by atoms with Gasteiger partial charge in [-0.2, -0.15) is 0 Å². The number of hydrogen-bond acceptors (Lipinski definition) is 4. The van der Waals surface area contributed by atoms with E-state index in [0.29, 0.717) is 5.52 Å². The SMILES string of the molecule is CN(C)C(C)(C)CNc1nc2cc(F)ccc2s1. The van der Waals surface area contributed by atoms with Crippen LogP contribution in [-0.4, -0.2) is 36.1 Å². The van der Waals surface area contributed by atoms with Crippen molar-refractivity contribution in [2.75, 3.05) is 26.0 Å². The second kappa shape index (κ2) is 4.82. The van der Waals surface area contributed by atoms with Crippen LogP contribution in [0.3, 0.4) is 0 Å². The molecule has 3 nitrogen and oxygen atoms in total. The van der Waals surface area contributed by atoms with Crippen LogP contribution in [0.5, 0.6) is 0 Å². The van der Waals surface area contributed by atoms with Gasteiger partial charge in [0.1, 0.15) is 5.82 Å². The molecule has 0 radical (unpaired) electrons. The van der Waals surface area contributed by atoms with Gasteiger partial charge in [-0.05, 0) is 40.1 Å². The summed E-state index contributed by atoms with van der Waals surface area (Å²) < 4.78 is 14.1. The third kappa shape index (κ3) is 2.79. The third-order valence-electron chi connectivity index (χ3n) is 3.23. The maximum absolute atomic E-state index is 13.1. The molecular weight excluding hydrogens is 249 g/mol. The van der Waals surface area contributed by atoms with Crippen LogP contribution in [0.25, 0.3) is 10.2 Å². The fourth-order valence-corrected chi connectivity index (χ4v) is 2.27. The Balaban J connectivity index is 2.13. The number of likely N-dealkylation sites (N-methyl/N-ethyl adjacent to an activating group) is 1. The largest absolute Gasteiger partial charge is 0.360 e. The first-order valence-corrected chi connectivity index (χ1v) is 6.67. The molecule has 0 atom stereocenters. The van der Waals surface area contributed by atoms with Crippen LogP contribution in [-0.2, 0) is 0 Å². The van der Waals surface area contributed by atoms with Crippen LogP contribution in [0.2, 0.25) is 0 Å². The first-order valence-electron chi connectivity index (χ1n) is 5.86. The molecule has 0 amide bonds. The molecule has 0 aliphatic rings. The summed E-state index contributed by atoms with van der Waals surface area (Å²) in [6.07, 6.45) is 0. The van der Waals surface area contributed by atoms with E-state index in [9.17, 15) is 4.39 Å². The van der Waals surface area contributed by atoms with Gasteiger partial charge in [-0.3, -0.25) is 0 Å². The van der Waals surface area contributed by atoms with E-state index in [-0.39, 0.29) is 11.4 Å². The maximum atomic E-state index is 13.1. The lowest BCUT2D eigenvalue weighted by Crippen LogP contribution is -2.44. The molecule has 1 N–H and O–H groups in total. The van der Waals surface area contributed by atoms with Gasteiger partial charge in [-0.15, -0.1) is 0 Å². The predicted molar refractivity (Wildman–Crippen MR) is 75.8 cm³/mol. The number of anilines is 1. The molecule has 0 aliphatic heterocycles. The number of fused-ring (bicyclic) bond motifs is 1. The molecule has 1 aromatic heterocycles. The number of nitrogens with zero attached hydrogens (tertiary/aromatic N) is 2. The van der Waals surface area contributed by atoms with Crippen LogP contribution in [0.1, 0.15) is 13.8 Å². The molecule has 98 valence electrons.